The third-order valence-corrected chi connectivity index (χ3v) is 3.45. The zero-order valence-electron chi connectivity index (χ0n) is 11.2. The summed E-state index contributed by atoms with van der Waals surface area (Å²) < 4.78 is 38.7. The van der Waals surface area contributed by atoms with Crippen LogP contribution in [0.25, 0.3) is 0 Å². The predicted molar refractivity (Wildman–Crippen MR) is 69.9 cm³/mol. The maximum atomic E-state index is 12.3. The van der Waals surface area contributed by atoms with Crippen LogP contribution in [0.4, 0.5) is 18.3 Å². The molecule has 2 aromatic heterocycles. The number of rotatable bonds is 4. The summed E-state index contributed by atoms with van der Waals surface area (Å²) in [5.41, 5.74) is 1.75. The van der Waals surface area contributed by atoms with Crippen molar-refractivity contribution in [2.75, 3.05) is 5.32 Å². The topological polar surface area (TPSA) is 72.7 Å². The summed E-state index contributed by atoms with van der Waals surface area (Å²) in [5.74, 6) is -0.438. The fourth-order valence-electron chi connectivity index (χ4n) is 1.68. The van der Waals surface area contributed by atoms with Crippen molar-refractivity contribution in [1.82, 2.24) is 20.0 Å². The Labute approximate surface area is 122 Å². The number of aryl methyl sites for hydroxylation is 3. The van der Waals surface area contributed by atoms with Crippen molar-refractivity contribution in [2.45, 2.75) is 33.0 Å². The van der Waals surface area contributed by atoms with Gasteiger partial charge in [0, 0.05) is 18.7 Å². The van der Waals surface area contributed by atoms with Gasteiger partial charge in [0.25, 0.3) is 0 Å². The van der Waals surface area contributed by atoms with Crippen LogP contribution in [0.15, 0.2) is 6.07 Å². The van der Waals surface area contributed by atoms with Crippen LogP contribution >= 0.6 is 11.3 Å². The van der Waals surface area contributed by atoms with E-state index >= 15 is 0 Å². The molecule has 0 atom stereocenters. The number of amides is 1. The number of nitrogens with one attached hydrogen (secondary N) is 1. The minimum atomic E-state index is -4.55. The van der Waals surface area contributed by atoms with E-state index in [4.69, 9.17) is 0 Å². The molecule has 2 heterocycles. The molecule has 0 spiro atoms. The third kappa shape index (κ3) is 4.00. The molecule has 10 heteroatoms. The molecule has 0 bridgehead atoms. The number of nitrogens with zero attached hydrogens (tertiary/aromatic N) is 4. The van der Waals surface area contributed by atoms with Crippen LogP contribution in [0.5, 0.6) is 0 Å². The first-order valence-electron chi connectivity index (χ1n) is 5.97. The van der Waals surface area contributed by atoms with Crippen LogP contribution in [-0.4, -0.2) is 25.9 Å². The highest BCUT2D eigenvalue weighted by Crippen LogP contribution is 2.32. The van der Waals surface area contributed by atoms with Gasteiger partial charge in [-0.05, 0) is 19.9 Å². The minimum Gasteiger partial charge on any atom is -0.300 e. The number of carbonyl (C=O) groups is 1. The highest BCUT2D eigenvalue weighted by molar-refractivity contribution is 7.15. The molecule has 2 aromatic rings. The van der Waals surface area contributed by atoms with Crippen molar-refractivity contribution in [2.24, 2.45) is 0 Å². The largest absolute Gasteiger partial charge is 0.445 e. The number of hydrogen-bond donors (Lipinski definition) is 1. The van der Waals surface area contributed by atoms with E-state index in [1.165, 1.54) is 0 Å². The number of carbonyl (C=O) groups excluding carboxylic acids is 1. The maximum absolute atomic E-state index is 12.3. The van der Waals surface area contributed by atoms with E-state index < -0.39 is 17.1 Å². The van der Waals surface area contributed by atoms with Gasteiger partial charge in [0.1, 0.15) is 0 Å². The summed E-state index contributed by atoms with van der Waals surface area (Å²) in [6.07, 6.45) is -4.47. The molecule has 0 aliphatic carbocycles. The average molecular weight is 319 g/mol. The Kier molecular flexibility index (Phi) is 4.26. The lowest BCUT2D eigenvalue weighted by Crippen LogP contribution is -2.15. The molecule has 0 saturated heterocycles. The van der Waals surface area contributed by atoms with Crippen molar-refractivity contribution in [1.29, 1.82) is 0 Å². The Bertz CT molecular complexity index is 649. The van der Waals surface area contributed by atoms with Crippen LogP contribution in [0.2, 0.25) is 0 Å². The van der Waals surface area contributed by atoms with E-state index in [1.807, 2.05) is 19.9 Å². The van der Waals surface area contributed by atoms with Crippen molar-refractivity contribution >= 4 is 22.4 Å². The highest BCUT2D eigenvalue weighted by atomic mass is 32.1. The first-order valence-corrected chi connectivity index (χ1v) is 6.79. The van der Waals surface area contributed by atoms with Crippen molar-refractivity contribution < 1.29 is 18.0 Å². The third-order valence-electron chi connectivity index (χ3n) is 2.57. The van der Waals surface area contributed by atoms with Gasteiger partial charge in [-0.2, -0.15) is 18.3 Å². The van der Waals surface area contributed by atoms with E-state index in [2.05, 4.69) is 20.6 Å². The van der Waals surface area contributed by atoms with Gasteiger partial charge in [-0.15, -0.1) is 10.2 Å². The quantitative estimate of drug-likeness (QED) is 0.939. The van der Waals surface area contributed by atoms with Gasteiger partial charge < -0.3 is 5.32 Å². The molecule has 2 rings (SSSR count). The van der Waals surface area contributed by atoms with Crippen LogP contribution in [-0.2, 0) is 17.5 Å². The predicted octanol–water partition coefficient (Wildman–Crippen LogP) is 2.40. The second-order valence-corrected chi connectivity index (χ2v) is 5.34. The van der Waals surface area contributed by atoms with Gasteiger partial charge in [-0.3, -0.25) is 9.48 Å². The molecule has 0 saturated carbocycles. The molecule has 0 aromatic carbocycles. The van der Waals surface area contributed by atoms with Gasteiger partial charge in [0.2, 0.25) is 16.0 Å². The van der Waals surface area contributed by atoms with E-state index in [-0.39, 0.29) is 11.6 Å². The van der Waals surface area contributed by atoms with E-state index in [0.29, 0.717) is 17.9 Å². The first kappa shape index (κ1) is 15.4. The monoisotopic (exact) mass is 319 g/mol. The summed E-state index contributed by atoms with van der Waals surface area (Å²) in [4.78, 5) is 11.7. The zero-order valence-corrected chi connectivity index (χ0v) is 12.0. The summed E-state index contributed by atoms with van der Waals surface area (Å²) in [7, 11) is 0. The van der Waals surface area contributed by atoms with E-state index in [0.717, 1.165) is 11.4 Å². The molecule has 6 nitrogen and oxygen atoms in total. The summed E-state index contributed by atoms with van der Waals surface area (Å²) in [6, 6.07) is 1.87. The first-order chi connectivity index (χ1) is 9.75. The van der Waals surface area contributed by atoms with E-state index in [9.17, 15) is 18.0 Å². The molecule has 0 aliphatic heterocycles. The number of hydrogen-bond acceptors (Lipinski definition) is 5. The van der Waals surface area contributed by atoms with Gasteiger partial charge in [-0.25, -0.2) is 0 Å². The Morgan fingerprint density at radius 3 is 2.62 bits per heavy atom. The highest BCUT2D eigenvalue weighted by Gasteiger charge is 2.35. The molecular weight excluding hydrogens is 307 g/mol. The number of aromatic nitrogens is 4. The van der Waals surface area contributed by atoms with Crippen LogP contribution in [0.1, 0.15) is 22.8 Å². The maximum Gasteiger partial charge on any atom is 0.445 e. The van der Waals surface area contributed by atoms with Gasteiger partial charge in [0.05, 0.1) is 5.69 Å². The molecular formula is C11H12F3N5OS. The molecule has 1 N–H and O–H groups in total. The molecule has 0 fully saturated rings. The Hall–Kier alpha value is -1.97. The van der Waals surface area contributed by atoms with Crippen LogP contribution in [0, 0.1) is 13.8 Å². The smallest absolute Gasteiger partial charge is 0.300 e. The SMILES string of the molecule is Cc1cc(C)n(CCC(=O)Nc2nnc(C(F)(F)F)s2)n1. The molecule has 21 heavy (non-hydrogen) atoms. The molecule has 0 radical (unpaired) electrons. The summed E-state index contributed by atoms with van der Waals surface area (Å²) >= 11 is 0.295. The number of alkyl halides is 3. The lowest BCUT2D eigenvalue weighted by Gasteiger charge is -2.04. The average Bonchev–Trinajstić information content (AvgIpc) is 2.93. The Morgan fingerprint density at radius 1 is 1.38 bits per heavy atom. The normalized spacial score (nSPS) is 11.7. The fraction of sp³-hybridized carbons (Fsp3) is 0.455. The lowest BCUT2D eigenvalue weighted by atomic mass is 10.3. The van der Waals surface area contributed by atoms with Crippen molar-refractivity contribution in [3.05, 3.63) is 22.5 Å². The van der Waals surface area contributed by atoms with Gasteiger partial charge in [0.15, 0.2) is 0 Å². The Balaban J connectivity index is 1.90. The molecule has 114 valence electrons. The second kappa shape index (κ2) is 5.80. The second-order valence-electron chi connectivity index (χ2n) is 4.36. The van der Waals surface area contributed by atoms with Crippen molar-refractivity contribution in [3.63, 3.8) is 0 Å². The minimum absolute atomic E-state index is 0.0862. The van der Waals surface area contributed by atoms with Crippen molar-refractivity contribution in [3.8, 4) is 0 Å². The number of anilines is 1. The van der Waals surface area contributed by atoms with Crippen LogP contribution in [0.3, 0.4) is 0 Å². The lowest BCUT2D eigenvalue weighted by molar-refractivity contribution is -0.138. The van der Waals surface area contributed by atoms with E-state index in [1.54, 1.807) is 4.68 Å². The van der Waals surface area contributed by atoms with Gasteiger partial charge in [-0.1, -0.05) is 11.3 Å². The fourth-order valence-corrected chi connectivity index (χ4v) is 2.31. The number of halogens is 3. The Morgan fingerprint density at radius 2 is 2.10 bits per heavy atom. The standard InChI is InChI=1S/C11H12F3N5OS/c1-6-5-7(2)19(18-6)4-3-8(20)15-10-17-16-9(21-10)11(12,13)14/h5H,3-4H2,1-2H3,(H,15,17,20). The summed E-state index contributed by atoms with van der Waals surface area (Å²) in [6.45, 7) is 4.04. The molecule has 0 aliphatic rings. The van der Waals surface area contributed by atoms with Gasteiger partial charge >= 0.3 is 6.18 Å². The van der Waals surface area contributed by atoms with Crippen LogP contribution < -0.4 is 5.32 Å². The molecule has 1 amide bonds. The summed E-state index contributed by atoms with van der Waals surface area (Å²) in [5, 5.41) is 11.5. The molecule has 0 unspecified atom stereocenters. The zero-order chi connectivity index (χ0) is 15.6.